The first-order valence-electron chi connectivity index (χ1n) is 9.23. The Bertz CT molecular complexity index is 1080. The van der Waals surface area contributed by atoms with Crippen LogP contribution in [-0.4, -0.2) is 50.0 Å². The third-order valence-electron chi connectivity index (χ3n) is 5.46. The number of aromatic nitrogens is 1. The molecule has 4 atom stereocenters. The third-order valence-corrected chi connectivity index (χ3v) is 7.68. The highest BCUT2D eigenvalue weighted by Gasteiger charge is 2.60. The van der Waals surface area contributed by atoms with Crippen LogP contribution in [0, 0.1) is 11.8 Å². The molecule has 1 saturated heterocycles. The molecule has 0 aliphatic carbocycles. The van der Waals surface area contributed by atoms with Crippen LogP contribution in [0.25, 0.3) is 11.3 Å². The molecule has 2 aliphatic heterocycles. The summed E-state index contributed by atoms with van der Waals surface area (Å²) in [6.07, 6.45) is -0.838. The van der Waals surface area contributed by atoms with Gasteiger partial charge in [0.05, 0.1) is 23.8 Å². The fourth-order valence-electron chi connectivity index (χ4n) is 3.99. The summed E-state index contributed by atoms with van der Waals surface area (Å²) in [4.78, 5) is 42.0. The monoisotopic (exact) mass is 445 g/mol. The molecule has 0 unspecified atom stereocenters. The molecule has 0 bridgehead atoms. The lowest BCUT2D eigenvalue weighted by Gasteiger charge is -2.46. The van der Waals surface area contributed by atoms with E-state index in [1.54, 1.807) is 31.2 Å². The van der Waals surface area contributed by atoms with Crippen LogP contribution in [0.5, 0.6) is 0 Å². The fraction of sp³-hybridized carbons (Fsp3) is 0.300. The number of primary amides is 1. The SMILES string of the molecule is C[C@@H](O)[C@H]1C(=O)N2C(C(=O)O)=C(Sc3nc(-c4ccc(C(N)=O)cc4)cs3)[C@H](C)[C@H]12. The Morgan fingerprint density at radius 3 is 2.53 bits per heavy atom. The molecule has 1 fully saturated rings. The van der Waals surface area contributed by atoms with Gasteiger partial charge in [-0.1, -0.05) is 30.8 Å². The maximum absolute atomic E-state index is 12.4. The summed E-state index contributed by atoms with van der Waals surface area (Å²) in [7, 11) is 0. The summed E-state index contributed by atoms with van der Waals surface area (Å²) in [6.45, 7) is 3.42. The van der Waals surface area contributed by atoms with Crippen LogP contribution in [-0.2, 0) is 9.59 Å². The fourth-order valence-corrected chi connectivity index (χ4v) is 6.09. The van der Waals surface area contributed by atoms with Gasteiger partial charge >= 0.3 is 5.97 Å². The van der Waals surface area contributed by atoms with Gasteiger partial charge < -0.3 is 20.8 Å². The zero-order chi connectivity index (χ0) is 21.7. The number of aliphatic carboxylic acids is 1. The Hall–Kier alpha value is -2.69. The number of carboxylic acids is 1. The molecule has 0 saturated carbocycles. The number of nitrogens with two attached hydrogens (primary N) is 1. The van der Waals surface area contributed by atoms with Crippen molar-refractivity contribution in [2.75, 3.05) is 0 Å². The number of benzene rings is 1. The first-order valence-corrected chi connectivity index (χ1v) is 10.9. The molecule has 0 radical (unpaired) electrons. The van der Waals surface area contributed by atoms with Crippen LogP contribution in [0.4, 0.5) is 0 Å². The van der Waals surface area contributed by atoms with Crippen molar-refractivity contribution in [3.63, 3.8) is 0 Å². The number of rotatable bonds is 6. The van der Waals surface area contributed by atoms with Crippen LogP contribution < -0.4 is 5.73 Å². The first kappa shape index (κ1) is 20.6. The zero-order valence-corrected chi connectivity index (χ0v) is 17.7. The van der Waals surface area contributed by atoms with Gasteiger partial charge in [-0.15, -0.1) is 11.3 Å². The van der Waals surface area contributed by atoms with Crippen molar-refractivity contribution in [3.05, 3.63) is 45.8 Å². The molecule has 1 aromatic heterocycles. The predicted molar refractivity (Wildman–Crippen MR) is 112 cm³/mol. The van der Waals surface area contributed by atoms with Crippen molar-refractivity contribution in [2.24, 2.45) is 17.6 Å². The van der Waals surface area contributed by atoms with E-state index in [-0.39, 0.29) is 23.6 Å². The Balaban J connectivity index is 1.61. The van der Waals surface area contributed by atoms with Crippen LogP contribution in [0.3, 0.4) is 0 Å². The van der Waals surface area contributed by atoms with Gasteiger partial charge in [0.2, 0.25) is 11.8 Å². The second-order valence-corrected chi connectivity index (χ2v) is 9.46. The number of amides is 2. The summed E-state index contributed by atoms with van der Waals surface area (Å²) >= 11 is 2.61. The summed E-state index contributed by atoms with van der Waals surface area (Å²) in [5.74, 6) is -2.84. The van der Waals surface area contributed by atoms with Crippen molar-refractivity contribution in [2.45, 2.75) is 30.3 Å². The maximum Gasteiger partial charge on any atom is 0.353 e. The van der Waals surface area contributed by atoms with Crippen LogP contribution in [0.15, 0.2) is 44.6 Å². The molecule has 0 spiro atoms. The van der Waals surface area contributed by atoms with Gasteiger partial charge in [-0.2, -0.15) is 0 Å². The zero-order valence-electron chi connectivity index (χ0n) is 16.1. The van der Waals surface area contributed by atoms with E-state index in [9.17, 15) is 24.6 Å². The molecule has 30 heavy (non-hydrogen) atoms. The number of carbonyl (C=O) groups excluding carboxylic acids is 2. The molecule has 4 rings (SSSR count). The smallest absolute Gasteiger partial charge is 0.353 e. The van der Waals surface area contributed by atoms with Gasteiger partial charge in [-0.3, -0.25) is 9.59 Å². The molecule has 2 aromatic rings. The number of nitrogens with zero attached hydrogens (tertiary/aromatic N) is 2. The summed E-state index contributed by atoms with van der Waals surface area (Å²) in [6, 6.07) is 6.40. The van der Waals surface area contributed by atoms with Gasteiger partial charge in [0, 0.05) is 27.3 Å². The number of carbonyl (C=O) groups is 3. The number of aliphatic hydroxyl groups excluding tert-OH is 1. The molecule has 4 N–H and O–H groups in total. The standard InChI is InChI=1S/C20H19N3O5S2/c1-8-14-13(9(2)24)18(26)23(14)15(19(27)28)16(8)30-20-22-12(7-29-20)10-3-5-11(6-4-10)17(21)25/h3-9,13-14,24H,1-2H3,(H2,21,25)(H,27,28)/t8-,9-,13-,14-/m1/s1. The van der Waals surface area contributed by atoms with E-state index in [2.05, 4.69) is 4.98 Å². The molecule has 2 amide bonds. The minimum atomic E-state index is -1.16. The highest BCUT2D eigenvalue weighted by Crippen LogP contribution is 2.52. The Kier molecular flexibility index (Phi) is 5.16. The van der Waals surface area contributed by atoms with Crippen molar-refractivity contribution in [3.8, 4) is 11.3 Å². The van der Waals surface area contributed by atoms with E-state index in [1.165, 1.54) is 28.0 Å². The minimum Gasteiger partial charge on any atom is -0.477 e. The van der Waals surface area contributed by atoms with E-state index in [4.69, 9.17) is 5.73 Å². The molecule has 3 heterocycles. The topological polar surface area (TPSA) is 134 Å². The molecular weight excluding hydrogens is 426 g/mol. The van der Waals surface area contributed by atoms with Crippen LogP contribution in [0.2, 0.25) is 0 Å². The quantitative estimate of drug-likeness (QED) is 0.580. The number of aliphatic hydroxyl groups is 1. The van der Waals surface area contributed by atoms with Crippen molar-refractivity contribution in [1.82, 2.24) is 9.88 Å². The average molecular weight is 446 g/mol. The Morgan fingerprint density at radius 1 is 1.30 bits per heavy atom. The van der Waals surface area contributed by atoms with E-state index in [1.807, 2.05) is 12.3 Å². The molecule has 2 aliphatic rings. The normalized spacial score (nSPS) is 23.9. The van der Waals surface area contributed by atoms with E-state index in [0.717, 1.165) is 5.56 Å². The van der Waals surface area contributed by atoms with Crippen LogP contribution >= 0.6 is 23.1 Å². The summed E-state index contributed by atoms with van der Waals surface area (Å²) < 4.78 is 0.646. The molecule has 10 heteroatoms. The molecular formula is C20H19N3O5S2. The number of hydrogen-bond acceptors (Lipinski definition) is 7. The van der Waals surface area contributed by atoms with Crippen LogP contribution in [0.1, 0.15) is 24.2 Å². The predicted octanol–water partition coefficient (Wildman–Crippen LogP) is 2.15. The van der Waals surface area contributed by atoms with Gasteiger partial charge in [-0.05, 0) is 19.1 Å². The number of carboxylic acid groups (broad SMARTS) is 1. The second kappa shape index (κ2) is 7.53. The number of fused-ring (bicyclic) bond motifs is 1. The highest BCUT2D eigenvalue weighted by atomic mass is 32.2. The Labute approximate surface area is 180 Å². The average Bonchev–Trinajstić information content (AvgIpc) is 3.24. The van der Waals surface area contributed by atoms with E-state index in [0.29, 0.717) is 20.5 Å². The number of thiazole rings is 1. The van der Waals surface area contributed by atoms with E-state index < -0.39 is 23.9 Å². The van der Waals surface area contributed by atoms with Crippen molar-refractivity contribution in [1.29, 1.82) is 0 Å². The molecule has 8 nitrogen and oxygen atoms in total. The third kappa shape index (κ3) is 3.21. The maximum atomic E-state index is 12.4. The number of β-lactam (4-membered cyclic amide) rings is 1. The lowest BCUT2D eigenvalue weighted by atomic mass is 9.79. The van der Waals surface area contributed by atoms with Crippen molar-refractivity contribution >= 4 is 40.9 Å². The first-order chi connectivity index (χ1) is 14.2. The van der Waals surface area contributed by atoms with Gasteiger partial charge in [0.25, 0.3) is 0 Å². The van der Waals surface area contributed by atoms with E-state index >= 15 is 0 Å². The largest absolute Gasteiger partial charge is 0.477 e. The van der Waals surface area contributed by atoms with Gasteiger partial charge in [-0.25, -0.2) is 9.78 Å². The van der Waals surface area contributed by atoms with Crippen molar-refractivity contribution < 1.29 is 24.6 Å². The summed E-state index contributed by atoms with van der Waals surface area (Å²) in [5.41, 5.74) is 7.15. The lowest BCUT2D eigenvalue weighted by molar-refractivity contribution is -0.163. The summed E-state index contributed by atoms with van der Waals surface area (Å²) in [5, 5.41) is 21.5. The number of thioether (sulfide) groups is 1. The second-order valence-electron chi connectivity index (χ2n) is 7.31. The minimum absolute atomic E-state index is 0.0260. The molecule has 1 aromatic carbocycles. The lowest BCUT2D eigenvalue weighted by Crippen LogP contribution is -2.63. The Morgan fingerprint density at radius 2 is 1.97 bits per heavy atom. The number of hydrogen-bond donors (Lipinski definition) is 3. The van der Waals surface area contributed by atoms with Gasteiger partial charge in [0.15, 0.2) is 4.34 Å². The van der Waals surface area contributed by atoms with Gasteiger partial charge in [0.1, 0.15) is 5.70 Å². The molecule has 156 valence electrons. The highest BCUT2D eigenvalue weighted by molar-refractivity contribution is 8.04.